The minimum atomic E-state index is -3.30. The Morgan fingerprint density at radius 1 is 1.26 bits per heavy atom. The second-order valence-electron chi connectivity index (χ2n) is 5.88. The molecule has 0 heterocycles. The van der Waals surface area contributed by atoms with Crippen molar-refractivity contribution in [1.82, 2.24) is 5.32 Å². The molecule has 0 aliphatic rings. The number of carbonyl (C=O) groups excluding carboxylic acids is 1. The number of nitrogens with zero attached hydrogens (tertiary/aromatic N) is 1. The Kier molecular flexibility index (Phi) is 6.87. The van der Waals surface area contributed by atoms with Crippen molar-refractivity contribution in [3.63, 3.8) is 0 Å². The lowest BCUT2D eigenvalue weighted by molar-refractivity contribution is -0.128. The molecule has 0 spiro atoms. The molecule has 130 valence electrons. The number of ether oxygens (including phenoxy) is 1. The van der Waals surface area contributed by atoms with Gasteiger partial charge in [0.2, 0.25) is 10.0 Å². The highest BCUT2D eigenvalue weighted by Crippen LogP contribution is 2.21. The van der Waals surface area contributed by atoms with Crippen LogP contribution in [0.3, 0.4) is 0 Å². The van der Waals surface area contributed by atoms with Gasteiger partial charge in [-0.05, 0) is 36.6 Å². The van der Waals surface area contributed by atoms with Crippen LogP contribution in [0.1, 0.15) is 27.2 Å². The maximum absolute atomic E-state index is 12.1. The van der Waals surface area contributed by atoms with E-state index in [-0.39, 0.29) is 5.91 Å². The molecule has 0 saturated carbocycles. The molecular weight excluding hydrogens is 316 g/mol. The Bertz CT molecular complexity index is 611. The Labute approximate surface area is 138 Å². The first-order valence-electron chi connectivity index (χ1n) is 7.63. The summed E-state index contributed by atoms with van der Waals surface area (Å²) in [5.74, 6) is 0.767. The minimum absolute atomic E-state index is 0.140. The highest BCUT2D eigenvalue weighted by molar-refractivity contribution is 7.92. The summed E-state index contributed by atoms with van der Waals surface area (Å²) in [6.07, 6.45) is 1.13. The number of hydrogen-bond acceptors (Lipinski definition) is 4. The lowest BCUT2D eigenvalue weighted by atomic mass is 10.2. The normalized spacial score (nSPS) is 12.8. The van der Waals surface area contributed by atoms with Crippen molar-refractivity contribution in [1.29, 1.82) is 0 Å². The summed E-state index contributed by atoms with van der Waals surface area (Å²) < 4.78 is 29.9. The smallest absolute Gasteiger partial charge is 0.261 e. The largest absolute Gasteiger partial charge is 0.481 e. The molecule has 1 atom stereocenters. The molecule has 0 aliphatic heterocycles. The highest BCUT2D eigenvalue weighted by atomic mass is 32.2. The predicted molar refractivity (Wildman–Crippen MR) is 92.2 cm³/mol. The van der Waals surface area contributed by atoms with Crippen LogP contribution >= 0.6 is 0 Å². The van der Waals surface area contributed by atoms with E-state index in [9.17, 15) is 13.2 Å². The van der Waals surface area contributed by atoms with Crippen molar-refractivity contribution >= 4 is 21.6 Å². The molecule has 7 heteroatoms. The first-order valence-corrected chi connectivity index (χ1v) is 9.48. The molecule has 1 unspecified atom stereocenters. The fourth-order valence-corrected chi connectivity index (χ4v) is 2.34. The molecule has 1 aromatic rings. The lowest BCUT2D eigenvalue weighted by Gasteiger charge is -2.20. The zero-order valence-electron chi connectivity index (χ0n) is 14.4. The van der Waals surface area contributed by atoms with Gasteiger partial charge < -0.3 is 10.1 Å². The highest BCUT2D eigenvalue weighted by Gasteiger charge is 2.18. The fourth-order valence-electron chi connectivity index (χ4n) is 1.83. The maximum atomic E-state index is 12.1. The third kappa shape index (κ3) is 6.09. The van der Waals surface area contributed by atoms with Gasteiger partial charge in [0.15, 0.2) is 6.10 Å². The molecule has 1 N–H and O–H groups in total. The molecule has 0 bridgehead atoms. The first kappa shape index (κ1) is 19.3. The maximum Gasteiger partial charge on any atom is 0.261 e. The SMILES string of the molecule is CCC(Oc1ccc(N(C)S(C)(=O)=O)cc1)C(=O)NCC(C)C. The Hall–Kier alpha value is -1.76. The lowest BCUT2D eigenvalue weighted by Crippen LogP contribution is -2.39. The number of sulfonamides is 1. The quantitative estimate of drug-likeness (QED) is 0.784. The van der Waals surface area contributed by atoms with Gasteiger partial charge in [0.25, 0.3) is 5.91 Å². The van der Waals surface area contributed by atoms with Gasteiger partial charge in [-0.25, -0.2) is 8.42 Å². The van der Waals surface area contributed by atoms with Crippen LogP contribution in [0.5, 0.6) is 5.75 Å². The summed E-state index contributed by atoms with van der Waals surface area (Å²) >= 11 is 0. The molecule has 0 aliphatic carbocycles. The topological polar surface area (TPSA) is 75.7 Å². The van der Waals surface area contributed by atoms with Crippen molar-refractivity contribution in [2.75, 3.05) is 24.2 Å². The van der Waals surface area contributed by atoms with E-state index in [0.717, 1.165) is 6.26 Å². The average Bonchev–Trinajstić information content (AvgIpc) is 2.49. The van der Waals surface area contributed by atoms with E-state index in [1.54, 1.807) is 24.3 Å². The zero-order chi connectivity index (χ0) is 17.6. The van der Waals surface area contributed by atoms with Gasteiger partial charge in [-0.15, -0.1) is 0 Å². The van der Waals surface area contributed by atoms with Crippen molar-refractivity contribution < 1.29 is 17.9 Å². The summed E-state index contributed by atoms with van der Waals surface area (Å²) in [6, 6.07) is 6.62. The summed E-state index contributed by atoms with van der Waals surface area (Å²) in [5, 5.41) is 2.85. The standard InChI is InChI=1S/C16H26N2O4S/c1-6-15(16(19)17-11-12(2)3)22-14-9-7-13(8-10-14)18(4)23(5,20)21/h7-10,12,15H,6,11H2,1-5H3,(H,17,19). The van der Waals surface area contributed by atoms with E-state index in [4.69, 9.17) is 4.74 Å². The van der Waals surface area contributed by atoms with E-state index < -0.39 is 16.1 Å². The Balaban J connectivity index is 2.74. The van der Waals surface area contributed by atoms with Gasteiger partial charge in [-0.3, -0.25) is 9.10 Å². The average molecular weight is 342 g/mol. The van der Waals surface area contributed by atoms with Crippen molar-refractivity contribution in [3.05, 3.63) is 24.3 Å². The molecule has 1 rings (SSSR count). The van der Waals surface area contributed by atoms with E-state index in [0.29, 0.717) is 30.3 Å². The summed E-state index contributed by atoms with van der Waals surface area (Å²) in [5.41, 5.74) is 0.539. The van der Waals surface area contributed by atoms with E-state index in [1.807, 2.05) is 20.8 Å². The molecule has 6 nitrogen and oxygen atoms in total. The molecule has 0 fully saturated rings. The Morgan fingerprint density at radius 2 is 1.83 bits per heavy atom. The van der Waals surface area contributed by atoms with Crippen LogP contribution in [0, 0.1) is 5.92 Å². The third-order valence-corrected chi connectivity index (χ3v) is 4.53. The fraction of sp³-hybridized carbons (Fsp3) is 0.562. The van der Waals surface area contributed by atoms with Crippen molar-refractivity contribution in [2.24, 2.45) is 5.92 Å². The summed E-state index contributed by atoms with van der Waals surface area (Å²) in [7, 11) is -1.81. The number of benzene rings is 1. The monoisotopic (exact) mass is 342 g/mol. The van der Waals surface area contributed by atoms with Crippen LogP contribution < -0.4 is 14.4 Å². The van der Waals surface area contributed by atoms with Crippen LogP contribution in [-0.2, 0) is 14.8 Å². The number of hydrogen-bond donors (Lipinski definition) is 1. The third-order valence-electron chi connectivity index (χ3n) is 3.32. The second kappa shape index (κ2) is 8.19. The van der Waals surface area contributed by atoms with Gasteiger partial charge in [0.05, 0.1) is 11.9 Å². The molecular formula is C16H26N2O4S. The van der Waals surface area contributed by atoms with E-state index in [1.165, 1.54) is 11.4 Å². The molecule has 0 aromatic heterocycles. The molecule has 1 amide bonds. The van der Waals surface area contributed by atoms with E-state index >= 15 is 0 Å². The van der Waals surface area contributed by atoms with Gasteiger partial charge in [-0.1, -0.05) is 20.8 Å². The summed E-state index contributed by atoms with van der Waals surface area (Å²) in [4.78, 5) is 12.1. The van der Waals surface area contributed by atoms with Gasteiger partial charge >= 0.3 is 0 Å². The van der Waals surface area contributed by atoms with Crippen LogP contribution in [-0.4, -0.2) is 40.3 Å². The molecule has 23 heavy (non-hydrogen) atoms. The number of amides is 1. The van der Waals surface area contributed by atoms with E-state index in [2.05, 4.69) is 5.32 Å². The van der Waals surface area contributed by atoms with Crippen LogP contribution in [0.15, 0.2) is 24.3 Å². The van der Waals surface area contributed by atoms with Crippen LogP contribution in [0.25, 0.3) is 0 Å². The Morgan fingerprint density at radius 3 is 2.26 bits per heavy atom. The molecule has 0 radical (unpaired) electrons. The van der Waals surface area contributed by atoms with Gasteiger partial charge in [0, 0.05) is 13.6 Å². The number of carbonyl (C=O) groups is 1. The number of rotatable bonds is 8. The van der Waals surface area contributed by atoms with Crippen molar-refractivity contribution in [3.8, 4) is 5.75 Å². The predicted octanol–water partition coefficient (Wildman–Crippen LogP) is 2.01. The number of nitrogens with one attached hydrogen (secondary N) is 1. The first-order chi connectivity index (χ1) is 10.6. The zero-order valence-corrected chi connectivity index (χ0v) is 15.2. The summed E-state index contributed by atoms with van der Waals surface area (Å²) in [6.45, 7) is 6.54. The van der Waals surface area contributed by atoms with Gasteiger partial charge in [0.1, 0.15) is 5.75 Å². The minimum Gasteiger partial charge on any atom is -0.481 e. The van der Waals surface area contributed by atoms with Gasteiger partial charge in [-0.2, -0.15) is 0 Å². The van der Waals surface area contributed by atoms with Crippen LogP contribution in [0.4, 0.5) is 5.69 Å². The number of anilines is 1. The van der Waals surface area contributed by atoms with Crippen molar-refractivity contribution in [2.45, 2.75) is 33.3 Å². The second-order valence-corrected chi connectivity index (χ2v) is 7.89. The molecule has 0 saturated heterocycles. The molecule has 1 aromatic carbocycles. The van der Waals surface area contributed by atoms with Crippen LogP contribution in [0.2, 0.25) is 0 Å².